The Morgan fingerprint density at radius 1 is 1.15 bits per heavy atom. The molecule has 0 spiro atoms. The number of hydrogen-bond acceptors (Lipinski definition) is 4. The van der Waals surface area contributed by atoms with Gasteiger partial charge in [0.15, 0.2) is 0 Å². The molecule has 1 aliphatic rings. The molecule has 0 amide bonds. The second-order valence-corrected chi connectivity index (χ2v) is 6.01. The minimum atomic E-state index is -0.00912. The van der Waals surface area contributed by atoms with Crippen LogP contribution in [-0.2, 0) is 0 Å². The van der Waals surface area contributed by atoms with E-state index in [1.165, 1.54) is 31.4 Å². The third kappa shape index (κ3) is 2.49. The standard InChI is InChI=1S/C15H22N4O/c1-10(2)14-16-17-15(20-14)11(3)19-9-8-13(18-19)12-6-4-5-7-12/h8-12H,4-7H2,1-3H3. The molecule has 0 bridgehead atoms. The zero-order valence-corrected chi connectivity index (χ0v) is 12.4. The van der Waals surface area contributed by atoms with Crippen LogP contribution in [-0.4, -0.2) is 20.0 Å². The summed E-state index contributed by atoms with van der Waals surface area (Å²) in [6.45, 7) is 6.14. The number of hydrogen-bond donors (Lipinski definition) is 0. The molecule has 0 N–H and O–H groups in total. The Hall–Kier alpha value is -1.65. The molecule has 2 aromatic rings. The second kappa shape index (κ2) is 5.38. The zero-order valence-electron chi connectivity index (χ0n) is 12.4. The van der Waals surface area contributed by atoms with Gasteiger partial charge in [0.1, 0.15) is 6.04 Å². The monoisotopic (exact) mass is 274 g/mol. The summed E-state index contributed by atoms with van der Waals surface area (Å²) in [6, 6.07) is 2.12. The molecule has 1 saturated carbocycles. The molecule has 108 valence electrons. The quantitative estimate of drug-likeness (QED) is 0.853. The van der Waals surface area contributed by atoms with E-state index in [0.717, 1.165) is 0 Å². The molecular formula is C15H22N4O. The SMILES string of the molecule is CC(C)c1nnc(C(C)n2ccc(C3CCCC3)n2)o1. The lowest BCUT2D eigenvalue weighted by atomic mass is 10.1. The van der Waals surface area contributed by atoms with Crippen molar-refractivity contribution < 1.29 is 4.42 Å². The number of aromatic nitrogens is 4. The first kappa shape index (κ1) is 13.3. The van der Waals surface area contributed by atoms with Crippen LogP contribution in [0, 0.1) is 0 Å². The highest BCUT2D eigenvalue weighted by Crippen LogP contribution is 2.33. The average Bonchev–Trinajstić information content (AvgIpc) is 3.17. The first-order valence-electron chi connectivity index (χ1n) is 7.53. The third-order valence-corrected chi connectivity index (χ3v) is 4.11. The summed E-state index contributed by atoms with van der Waals surface area (Å²) in [5.74, 6) is 2.22. The maximum atomic E-state index is 5.71. The summed E-state index contributed by atoms with van der Waals surface area (Å²) in [4.78, 5) is 0. The highest BCUT2D eigenvalue weighted by molar-refractivity contribution is 5.09. The van der Waals surface area contributed by atoms with Crippen LogP contribution in [0.2, 0.25) is 0 Å². The minimum absolute atomic E-state index is 0.00912. The fourth-order valence-corrected chi connectivity index (χ4v) is 2.77. The summed E-state index contributed by atoms with van der Waals surface area (Å²) in [5, 5.41) is 12.9. The predicted molar refractivity (Wildman–Crippen MR) is 75.6 cm³/mol. The van der Waals surface area contributed by atoms with E-state index in [4.69, 9.17) is 9.52 Å². The first-order chi connectivity index (χ1) is 9.65. The lowest BCUT2D eigenvalue weighted by Gasteiger charge is -2.08. The van der Waals surface area contributed by atoms with Gasteiger partial charge in [-0.1, -0.05) is 26.7 Å². The molecule has 1 aliphatic carbocycles. The van der Waals surface area contributed by atoms with Gasteiger partial charge in [0, 0.05) is 18.0 Å². The van der Waals surface area contributed by atoms with Gasteiger partial charge in [0.05, 0.1) is 5.69 Å². The maximum absolute atomic E-state index is 5.71. The number of rotatable bonds is 4. The second-order valence-electron chi connectivity index (χ2n) is 6.01. The summed E-state index contributed by atoms with van der Waals surface area (Å²) < 4.78 is 7.65. The Morgan fingerprint density at radius 2 is 1.85 bits per heavy atom. The topological polar surface area (TPSA) is 56.7 Å². The van der Waals surface area contributed by atoms with Gasteiger partial charge in [0.2, 0.25) is 11.8 Å². The Labute approximate surface area is 119 Å². The van der Waals surface area contributed by atoms with E-state index < -0.39 is 0 Å². The van der Waals surface area contributed by atoms with Gasteiger partial charge in [-0.3, -0.25) is 4.68 Å². The summed E-state index contributed by atoms with van der Waals surface area (Å²) in [7, 11) is 0. The average molecular weight is 274 g/mol. The van der Waals surface area contributed by atoms with Crippen molar-refractivity contribution in [3.8, 4) is 0 Å². The van der Waals surface area contributed by atoms with Crippen LogP contribution in [0.4, 0.5) is 0 Å². The lowest BCUT2D eigenvalue weighted by Crippen LogP contribution is -2.09. The summed E-state index contributed by atoms with van der Waals surface area (Å²) in [6.07, 6.45) is 7.22. The molecule has 2 heterocycles. The molecule has 5 heteroatoms. The van der Waals surface area contributed by atoms with Crippen LogP contribution in [0.3, 0.4) is 0 Å². The molecule has 2 aromatic heterocycles. The van der Waals surface area contributed by atoms with Crippen LogP contribution < -0.4 is 0 Å². The fourth-order valence-electron chi connectivity index (χ4n) is 2.77. The van der Waals surface area contributed by atoms with Gasteiger partial charge in [0.25, 0.3) is 0 Å². The smallest absolute Gasteiger partial charge is 0.240 e. The molecule has 0 aliphatic heterocycles. The van der Waals surface area contributed by atoms with Crippen LogP contribution in [0.1, 0.15) is 81.8 Å². The summed E-state index contributed by atoms with van der Waals surface area (Å²) in [5.41, 5.74) is 1.21. The van der Waals surface area contributed by atoms with E-state index in [2.05, 4.69) is 16.3 Å². The van der Waals surface area contributed by atoms with Crippen molar-refractivity contribution >= 4 is 0 Å². The van der Waals surface area contributed by atoms with Gasteiger partial charge in [-0.05, 0) is 25.8 Å². The molecule has 20 heavy (non-hydrogen) atoms. The Kier molecular flexibility index (Phi) is 3.59. The van der Waals surface area contributed by atoms with Crippen molar-refractivity contribution in [3.05, 3.63) is 29.7 Å². The largest absolute Gasteiger partial charge is 0.423 e. The molecule has 0 aromatic carbocycles. The van der Waals surface area contributed by atoms with E-state index in [9.17, 15) is 0 Å². The van der Waals surface area contributed by atoms with Gasteiger partial charge in [-0.2, -0.15) is 5.10 Å². The number of nitrogens with zero attached hydrogens (tertiary/aromatic N) is 4. The van der Waals surface area contributed by atoms with Crippen molar-refractivity contribution in [2.45, 2.75) is 64.3 Å². The van der Waals surface area contributed by atoms with Crippen LogP contribution >= 0.6 is 0 Å². The van der Waals surface area contributed by atoms with Crippen molar-refractivity contribution in [2.75, 3.05) is 0 Å². The van der Waals surface area contributed by atoms with Crippen LogP contribution in [0.15, 0.2) is 16.7 Å². The molecule has 1 fully saturated rings. The highest BCUT2D eigenvalue weighted by Gasteiger charge is 2.22. The molecular weight excluding hydrogens is 252 g/mol. The van der Waals surface area contributed by atoms with Crippen molar-refractivity contribution in [3.63, 3.8) is 0 Å². The fraction of sp³-hybridized carbons (Fsp3) is 0.667. The van der Waals surface area contributed by atoms with E-state index >= 15 is 0 Å². The Morgan fingerprint density at radius 3 is 2.50 bits per heavy atom. The first-order valence-corrected chi connectivity index (χ1v) is 7.53. The predicted octanol–water partition coefficient (Wildman–Crippen LogP) is 3.66. The van der Waals surface area contributed by atoms with E-state index in [1.807, 2.05) is 31.6 Å². The Bertz CT molecular complexity index is 566. The highest BCUT2D eigenvalue weighted by atomic mass is 16.4. The van der Waals surface area contributed by atoms with Gasteiger partial charge in [-0.15, -0.1) is 10.2 Å². The summed E-state index contributed by atoms with van der Waals surface area (Å²) >= 11 is 0. The molecule has 3 rings (SSSR count). The molecule has 1 atom stereocenters. The molecule has 0 saturated heterocycles. The third-order valence-electron chi connectivity index (χ3n) is 4.11. The van der Waals surface area contributed by atoms with Crippen molar-refractivity contribution in [1.82, 2.24) is 20.0 Å². The van der Waals surface area contributed by atoms with Gasteiger partial charge in [-0.25, -0.2) is 0 Å². The molecule has 1 unspecified atom stereocenters. The zero-order chi connectivity index (χ0) is 14.1. The molecule has 5 nitrogen and oxygen atoms in total. The maximum Gasteiger partial charge on any atom is 0.240 e. The minimum Gasteiger partial charge on any atom is -0.423 e. The van der Waals surface area contributed by atoms with Crippen molar-refractivity contribution in [2.24, 2.45) is 0 Å². The Balaban J connectivity index is 1.77. The van der Waals surface area contributed by atoms with E-state index in [0.29, 0.717) is 17.7 Å². The van der Waals surface area contributed by atoms with Crippen LogP contribution in [0.25, 0.3) is 0 Å². The normalized spacial score (nSPS) is 18.0. The van der Waals surface area contributed by atoms with Crippen LogP contribution in [0.5, 0.6) is 0 Å². The molecule has 0 radical (unpaired) electrons. The van der Waals surface area contributed by atoms with Crippen molar-refractivity contribution in [1.29, 1.82) is 0 Å². The van der Waals surface area contributed by atoms with Gasteiger partial charge >= 0.3 is 0 Å². The van der Waals surface area contributed by atoms with E-state index in [1.54, 1.807) is 0 Å². The van der Waals surface area contributed by atoms with Gasteiger partial charge < -0.3 is 4.42 Å². The van der Waals surface area contributed by atoms with E-state index in [-0.39, 0.29) is 12.0 Å². The lowest BCUT2D eigenvalue weighted by molar-refractivity contribution is 0.377.